The molecule has 40 heavy (non-hydrogen) atoms. The van der Waals surface area contributed by atoms with Crippen LogP contribution < -0.4 is 10.6 Å². The second kappa shape index (κ2) is 18.4. The van der Waals surface area contributed by atoms with Crippen LogP contribution in [0.15, 0.2) is 48.5 Å². The number of aliphatic hydroxyl groups excluding tert-OH is 1. The summed E-state index contributed by atoms with van der Waals surface area (Å²) in [6.07, 6.45) is 7.49. The van der Waals surface area contributed by atoms with Gasteiger partial charge in [0.1, 0.15) is 6.04 Å². The van der Waals surface area contributed by atoms with Crippen LogP contribution in [0.2, 0.25) is 0 Å². The van der Waals surface area contributed by atoms with Gasteiger partial charge in [-0.1, -0.05) is 62.7 Å². The number of amides is 2. The lowest BCUT2D eigenvalue weighted by molar-refractivity contribution is -0.140. The monoisotopic (exact) mass is 572 g/mol. The van der Waals surface area contributed by atoms with Gasteiger partial charge in [-0.15, -0.1) is 11.6 Å². The van der Waals surface area contributed by atoms with E-state index >= 15 is 0 Å². The zero-order valence-electron chi connectivity index (χ0n) is 24.1. The van der Waals surface area contributed by atoms with Crippen molar-refractivity contribution >= 4 is 29.4 Å². The molecule has 0 aliphatic carbocycles. The number of rotatable bonds is 18. The molecule has 2 rings (SSSR count). The van der Waals surface area contributed by atoms with Gasteiger partial charge in [0.2, 0.25) is 5.91 Å². The van der Waals surface area contributed by atoms with Crippen LogP contribution in [0.5, 0.6) is 0 Å². The van der Waals surface area contributed by atoms with Gasteiger partial charge < -0.3 is 20.5 Å². The highest BCUT2D eigenvalue weighted by atomic mass is 35.5. The maximum absolute atomic E-state index is 13.3. The van der Waals surface area contributed by atoms with Crippen LogP contribution in [0, 0.1) is 0 Å². The van der Waals surface area contributed by atoms with Gasteiger partial charge in [0.05, 0.1) is 13.7 Å². The van der Waals surface area contributed by atoms with Gasteiger partial charge >= 0.3 is 5.97 Å². The number of nitrogens with one attached hydrogen (secondary N) is 2. The number of benzene rings is 2. The van der Waals surface area contributed by atoms with Crippen LogP contribution in [0.25, 0.3) is 0 Å². The smallest absolute Gasteiger partial charge is 0.305 e. The Labute approximate surface area is 244 Å². The number of carbonyl (C=O) groups excluding carboxylic acids is 3. The second-order valence-corrected chi connectivity index (χ2v) is 10.8. The minimum Gasteiger partial charge on any atom is -0.469 e. The lowest BCUT2D eigenvalue weighted by atomic mass is 9.94. The number of aliphatic hydroxyl groups is 1. The first-order valence-corrected chi connectivity index (χ1v) is 14.8. The molecule has 3 N–H and O–H groups in total. The summed E-state index contributed by atoms with van der Waals surface area (Å²) in [6, 6.07) is 14.2. The van der Waals surface area contributed by atoms with Gasteiger partial charge in [-0.2, -0.15) is 0 Å². The van der Waals surface area contributed by atoms with Crippen LogP contribution in [0.4, 0.5) is 0 Å². The molecule has 0 aromatic heterocycles. The molecule has 0 fully saturated rings. The Kier molecular flexibility index (Phi) is 15.4. The van der Waals surface area contributed by atoms with Crippen molar-refractivity contribution in [1.29, 1.82) is 0 Å². The summed E-state index contributed by atoms with van der Waals surface area (Å²) in [5, 5.41) is 15.9. The zero-order chi connectivity index (χ0) is 29.3. The number of carbonyl (C=O) groups is 3. The molecule has 2 amide bonds. The van der Waals surface area contributed by atoms with Crippen molar-refractivity contribution in [2.45, 2.75) is 95.5 Å². The van der Waals surface area contributed by atoms with E-state index in [2.05, 4.69) is 24.5 Å². The largest absolute Gasteiger partial charge is 0.469 e. The maximum atomic E-state index is 13.3. The van der Waals surface area contributed by atoms with E-state index in [9.17, 15) is 19.5 Å². The van der Waals surface area contributed by atoms with Gasteiger partial charge in [0, 0.05) is 23.4 Å². The van der Waals surface area contributed by atoms with Crippen molar-refractivity contribution < 1.29 is 24.2 Å². The highest BCUT2D eigenvalue weighted by Crippen LogP contribution is 2.20. The van der Waals surface area contributed by atoms with Crippen molar-refractivity contribution in [3.05, 3.63) is 70.8 Å². The van der Waals surface area contributed by atoms with Crippen molar-refractivity contribution in [3.63, 3.8) is 0 Å². The normalized spacial score (nSPS) is 13.2. The molecule has 0 aliphatic rings. The van der Waals surface area contributed by atoms with E-state index in [0.717, 1.165) is 61.6 Å². The van der Waals surface area contributed by atoms with Crippen molar-refractivity contribution in [2.24, 2.45) is 0 Å². The number of esters is 1. The molecule has 0 bridgehead atoms. The lowest BCUT2D eigenvalue weighted by Gasteiger charge is -2.23. The maximum Gasteiger partial charge on any atom is 0.305 e. The van der Waals surface area contributed by atoms with E-state index in [1.807, 2.05) is 36.4 Å². The fourth-order valence-corrected chi connectivity index (χ4v) is 4.91. The minimum atomic E-state index is -1.05. The van der Waals surface area contributed by atoms with E-state index in [1.54, 1.807) is 12.1 Å². The Balaban J connectivity index is 2.08. The molecule has 8 heteroatoms. The number of aryl methyl sites for hydroxylation is 1. The number of ether oxygens (including phenoxy) is 1. The van der Waals surface area contributed by atoms with Crippen LogP contribution in [-0.2, 0) is 27.2 Å². The summed E-state index contributed by atoms with van der Waals surface area (Å²) in [6.45, 7) is 3.62. The SMILES string of the molecule is CCCC(CCCC(Cl)CC)NC(=O)C(CO)NC(=O)c1ccccc1Cc1ccccc1CCCC(=O)OC. The van der Waals surface area contributed by atoms with Gasteiger partial charge in [-0.05, 0) is 74.1 Å². The average molecular weight is 573 g/mol. The van der Waals surface area contributed by atoms with Crippen LogP contribution >= 0.6 is 11.6 Å². The van der Waals surface area contributed by atoms with Gasteiger partial charge in [-0.3, -0.25) is 14.4 Å². The van der Waals surface area contributed by atoms with Gasteiger partial charge in [0.15, 0.2) is 0 Å². The summed E-state index contributed by atoms with van der Waals surface area (Å²) in [5.74, 6) is -1.03. The van der Waals surface area contributed by atoms with Crippen molar-refractivity contribution in [1.82, 2.24) is 10.6 Å². The summed E-state index contributed by atoms with van der Waals surface area (Å²) in [4.78, 5) is 37.9. The Bertz CT molecular complexity index is 1080. The third kappa shape index (κ3) is 11.3. The summed E-state index contributed by atoms with van der Waals surface area (Å²) < 4.78 is 4.74. The van der Waals surface area contributed by atoms with Gasteiger partial charge in [-0.25, -0.2) is 0 Å². The topological polar surface area (TPSA) is 105 Å². The van der Waals surface area contributed by atoms with E-state index in [4.69, 9.17) is 16.3 Å². The quantitative estimate of drug-likeness (QED) is 0.165. The number of methoxy groups -OCH3 is 1. The molecular formula is C32H45ClN2O5. The fraction of sp³-hybridized carbons (Fsp3) is 0.531. The molecule has 0 saturated carbocycles. The lowest BCUT2D eigenvalue weighted by Crippen LogP contribution is -2.51. The van der Waals surface area contributed by atoms with Crippen LogP contribution in [0.3, 0.4) is 0 Å². The first-order valence-electron chi connectivity index (χ1n) is 14.4. The highest BCUT2D eigenvalue weighted by Gasteiger charge is 2.24. The van der Waals surface area contributed by atoms with E-state index in [1.165, 1.54) is 7.11 Å². The number of alkyl halides is 1. The van der Waals surface area contributed by atoms with Crippen molar-refractivity contribution in [3.8, 4) is 0 Å². The average Bonchev–Trinajstić information content (AvgIpc) is 2.96. The molecule has 2 aromatic rings. The van der Waals surface area contributed by atoms with Crippen molar-refractivity contribution in [2.75, 3.05) is 13.7 Å². The Hall–Kier alpha value is -2.90. The molecule has 7 nitrogen and oxygen atoms in total. The molecule has 220 valence electrons. The van der Waals surface area contributed by atoms with E-state index in [0.29, 0.717) is 24.8 Å². The van der Waals surface area contributed by atoms with Crippen LogP contribution in [0.1, 0.15) is 92.3 Å². The first-order chi connectivity index (χ1) is 19.3. The second-order valence-electron chi connectivity index (χ2n) is 10.2. The third-order valence-electron chi connectivity index (χ3n) is 7.12. The molecule has 3 atom stereocenters. The summed E-state index contributed by atoms with van der Waals surface area (Å²) in [7, 11) is 1.39. The third-order valence-corrected chi connectivity index (χ3v) is 7.64. The predicted molar refractivity (Wildman–Crippen MR) is 160 cm³/mol. The molecule has 0 aliphatic heterocycles. The molecule has 2 aromatic carbocycles. The zero-order valence-corrected chi connectivity index (χ0v) is 24.8. The highest BCUT2D eigenvalue weighted by molar-refractivity contribution is 6.20. The van der Waals surface area contributed by atoms with Crippen LogP contribution in [-0.4, -0.2) is 54.1 Å². The molecular weight excluding hydrogens is 528 g/mol. The minimum absolute atomic E-state index is 0.0351. The number of hydrogen-bond donors (Lipinski definition) is 3. The fourth-order valence-electron chi connectivity index (χ4n) is 4.76. The molecule has 0 heterocycles. The van der Waals surface area contributed by atoms with E-state index < -0.39 is 18.6 Å². The number of halogens is 1. The molecule has 0 saturated heterocycles. The first kappa shape index (κ1) is 33.3. The molecule has 3 unspecified atom stereocenters. The standard InChI is InChI=1S/C32H45ClN2O5/c1-4-12-27(18-11-17-26(33)5-2)34-32(39)29(22-36)35-31(38)28-19-9-8-15-25(28)21-24-14-7-6-13-23(24)16-10-20-30(37)40-3/h6-9,13-15,19,26-27,29,36H,4-5,10-12,16-18,20-22H2,1-3H3,(H,34,39)(H,35,38). The Morgan fingerprint density at radius 1 is 0.900 bits per heavy atom. The molecule has 0 radical (unpaired) electrons. The molecule has 0 spiro atoms. The van der Waals surface area contributed by atoms with E-state index in [-0.39, 0.29) is 23.3 Å². The predicted octanol–water partition coefficient (Wildman–Crippen LogP) is 5.34. The number of hydrogen-bond acceptors (Lipinski definition) is 5. The summed E-state index contributed by atoms with van der Waals surface area (Å²) in [5.41, 5.74) is 3.44. The summed E-state index contributed by atoms with van der Waals surface area (Å²) >= 11 is 6.25. The Morgan fingerprint density at radius 3 is 2.23 bits per heavy atom. The van der Waals surface area contributed by atoms with Gasteiger partial charge in [0.25, 0.3) is 5.91 Å². The Morgan fingerprint density at radius 2 is 1.57 bits per heavy atom.